The fraction of sp³-hybridized carbons (Fsp3) is 0.538. The molecule has 0 saturated carbocycles. The molecule has 2 heterocycles. The number of hydrogen-bond donors (Lipinski definition) is 8. The molecule has 2 aliphatic rings. The van der Waals surface area contributed by atoms with Gasteiger partial charge < -0.3 is 52.8 Å². The zero-order chi connectivity index (χ0) is 40.1. The Bertz CT molecular complexity index is 1630. The second-order valence-corrected chi connectivity index (χ2v) is 15.1. The minimum Gasteiger partial charge on any atom is -0.391 e. The second-order valence-electron chi connectivity index (χ2n) is 15.1. The first-order chi connectivity index (χ1) is 26.2. The zero-order valence-corrected chi connectivity index (χ0v) is 31.8. The molecule has 10 N–H and O–H groups in total. The summed E-state index contributed by atoms with van der Waals surface area (Å²) < 4.78 is 5.44. The predicted molar refractivity (Wildman–Crippen MR) is 205 cm³/mol. The number of aliphatic hydroxyl groups excluding tert-OH is 1. The number of benzene rings is 2. The third-order valence-electron chi connectivity index (χ3n) is 9.64. The van der Waals surface area contributed by atoms with Crippen molar-refractivity contribution in [1.29, 1.82) is 0 Å². The highest BCUT2D eigenvalue weighted by Crippen LogP contribution is 2.27. The van der Waals surface area contributed by atoms with Crippen molar-refractivity contribution in [3.63, 3.8) is 0 Å². The number of rotatable bonds is 8. The molecule has 0 radical (unpaired) electrons. The largest absolute Gasteiger partial charge is 0.391 e. The van der Waals surface area contributed by atoms with Gasteiger partial charge in [0, 0.05) is 32.5 Å². The van der Waals surface area contributed by atoms with E-state index >= 15 is 0 Å². The van der Waals surface area contributed by atoms with E-state index in [-0.39, 0.29) is 45.5 Å². The minimum atomic E-state index is -1.23. The molecule has 2 aliphatic heterocycles. The summed E-state index contributed by atoms with van der Waals surface area (Å²) >= 11 is 0. The van der Waals surface area contributed by atoms with Gasteiger partial charge in [-0.2, -0.15) is 0 Å². The lowest BCUT2D eigenvalue weighted by atomic mass is 9.85. The Morgan fingerprint density at radius 3 is 2.07 bits per heavy atom. The molecule has 2 aromatic rings. The number of carbonyl (C=O) groups is 6. The number of ether oxygens (including phenoxy) is 1. The number of nitrogens with two attached hydrogens (primary N) is 2. The highest BCUT2D eigenvalue weighted by Gasteiger charge is 2.45. The number of fused-ring (bicyclic) bond motifs is 1. The number of nitrogens with one attached hydrogen (secondary N) is 5. The van der Waals surface area contributed by atoms with Crippen molar-refractivity contribution in [2.45, 2.75) is 89.2 Å². The van der Waals surface area contributed by atoms with Gasteiger partial charge >= 0.3 is 0 Å². The summed E-state index contributed by atoms with van der Waals surface area (Å²) in [6, 6.07) is 11.4. The fourth-order valence-electron chi connectivity index (χ4n) is 6.57. The van der Waals surface area contributed by atoms with Gasteiger partial charge in [0.05, 0.1) is 12.7 Å². The third-order valence-corrected chi connectivity index (χ3v) is 9.64. The van der Waals surface area contributed by atoms with Crippen LogP contribution in [0, 0.1) is 5.41 Å². The number of aliphatic hydroxyl groups is 1. The molecular formula is C39H56N8O8. The Kier molecular flexibility index (Phi) is 15.7. The van der Waals surface area contributed by atoms with Crippen LogP contribution in [-0.2, 0) is 39.9 Å². The number of hydrogen-bond acceptors (Lipinski definition) is 10. The summed E-state index contributed by atoms with van der Waals surface area (Å²) in [5.41, 5.74) is 13.4. The lowest BCUT2D eigenvalue weighted by Crippen LogP contribution is -2.60. The maximum atomic E-state index is 14.2. The van der Waals surface area contributed by atoms with Gasteiger partial charge in [-0.15, -0.1) is 0 Å². The van der Waals surface area contributed by atoms with Crippen molar-refractivity contribution in [3.8, 4) is 11.1 Å². The van der Waals surface area contributed by atoms with Crippen LogP contribution in [-0.4, -0.2) is 121 Å². The first-order valence-electron chi connectivity index (χ1n) is 18.8. The molecular weight excluding hydrogens is 708 g/mol. The standard InChI is InChI=1S/C39H56N8O8/c1-39(2,3)33-38(54)47-22-27(48)20-31(47)37(53)44-29(19-24-12-14-26(15-13-24)25-9-5-4-6-10-25)36(52)43-28(11-7-8-16-40)35(51)45-30(21-41)34(50)42-17-18-55-23-32(49)46-33/h4-6,9-10,12-15,27-31,33,48H,7-8,11,16-23,40-41H2,1-3H3,(H,42,50)(H,43,52)(H,44,53)(H,45,51)(H,46,49)/t27-,28-,29-,30-,31+,33-/m1/s1. The maximum absolute atomic E-state index is 14.2. The Balaban J connectivity index is 1.70. The van der Waals surface area contributed by atoms with Gasteiger partial charge in [-0.3, -0.25) is 28.8 Å². The quantitative estimate of drug-likeness (QED) is 0.154. The molecule has 2 saturated heterocycles. The summed E-state index contributed by atoms with van der Waals surface area (Å²) in [7, 11) is 0. The monoisotopic (exact) mass is 764 g/mol. The first kappa shape index (κ1) is 42.8. The molecule has 55 heavy (non-hydrogen) atoms. The van der Waals surface area contributed by atoms with Gasteiger partial charge in [0.2, 0.25) is 35.4 Å². The van der Waals surface area contributed by atoms with Crippen LogP contribution in [0.1, 0.15) is 52.0 Å². The fourth-order valence-corrected chi connectivity index (χ4v) is 6.57. The van der Waals surface area contributed by atoms with E-state index in [0.717, 1.165) is 11.1 Å². The van der Waals surface area contributed by atoms with E-state index < -0.39 is 83.8 Å². The average Bonchev–Trinajstić information content (AvgIpc) is 3.56. The van der Waals surface area contributed by atoms with Gasteiger partial charge in [-0.1, -0.05) is 75.4 Å². The van der Waals surface area contributed by atoms with Crippen molar-refractivity contribution >= 4 is 35.4 Å². The van der Waals surface area contributed by atoms with E-state index in [1.165, 1.54) is 4.90 Å². The molecule has 0 bridgehead atoms. The van der Waals surface area contributed by atoms with E-state index in [4.69, 9.17) is 16.2 Å². The summed E-state index contributed by atoms with van der Waals surface area (Å²) in [4.78, 5) is 83.2. The van der Waals surface area contributed by atoms with Crippen molar-refractivity contribution in [3.05, 3.63) is 60.2 Å². The predicted octanol–water partition coefficient (Wildman–Crippen LogP) is -0.923. The SMILES string of the molecule is CC(C)(C)[C@@H]1NC(=O)COCCNC(=O)[C@@H](CN)NC(=O)[C@@H](CCCCN)NC(=O)[C@@H](Cc2ccc(-c3ccccc3)cc2)NC(=O)[C@@H]2C[C@@H](O)CN2C1=O. The molecule has 2 aromatic carbocycles. The van der Waals surface area contributed by atoms with E-state index in [2.05, 4.69) is 26.6 Å². The van der Waals surface area contributed by atoms with Crippen LogP contribution in [0.25, 0.3) is 11.1 Å². The minimum absolute atomic E-state index is 0.00802. The van der Waals surface area contributed by atoms with Crippen molar-refractivity contribution < 1.29 is 38.6 Å². The molecule has 16 heteroatoms. The Morgan fingerprint density at radius 1 is 0.782 bits per heavy atom. The summed E-state index contributed by atoms with van der Waals surface area (Å²) in [5.74, 6) is -3.81. The van der Waals surface area contributed by atoms with E-state index in [1.54, 1.807) is 20.8 Å². The van der Waals surface area contributed by atoms with Crippen LogP contribution in [0.2, 0.25) is 0 Å². The summed E-state index contributed by atoms with van der Waals surface area (Å²) in [6.07, 6.45) is 0.0976. The van der Waals surface area contributed by atoms with Gasteiger partial charge in [0.15, 0.2) is 0 Å². The molecule has 0 unspecified atom stereocenters. The van der Waals surface area contributed by atoms with Crippen LogP contribution >= 0.6 is 0 Å². The number of nitrogens with zero attached hydrogens (tertiary/aromatic N) is 1. The molecule has 300 valence electrons. The molecule has 4 rings (SSSR count). The van der Waals surface area contributed by atoms with Crippen LogP contribution in [0.5, 0.6) is 0 Å². The number of amides is 6. The van der Waals surface area contributed by atoms with Crippen LogP contribution in [0.15, 0.2) is 54.6 Å². The lowest BCUT2D eigenvalue weighted by Gasteiger charge is -2.35. The van der Waals surface area contributed by atoms with Gasteiger partial charge in [0.1, 0.15) is 36.8 Å². The van der Waals surface area contributed by atoms with Crippen LogP contribution < -0.4 is 38.1 Å². The van der Waals surface area contributed by atoms with Gasteiger partial charge in [-0.25, -0.2) is 0 Å². The maximum Gasteiger partial charge on any atom is 0.246 e. The number of unbranched alkanes of at least 4 members (excludes halogenated alkanes) is 1. The highest BCUT2D eigenvalue weighted by atomic mass is 16.5. The third kappa shape index (κ3) is 12.3. The van der Waals surface area contributed by atoms with Crippen LogP contribution in [0.4, 0.5) is 0 Å². The molecule has 0 aromatic heterocycles. The Labute approximate surface area is 321 Å². The lowest BCUT2D eigenvalue weighted by molar-refractivity contribution is -0.145. The van der Waals surface area contributed by atoms with Crippen molar-refractivity contribution in [2.24, 2.45) is 16.9 Å². The Hall–Kier alpha value is -4.90. The van der Waals surface area contributed by atoms with E-state index in [9.17, 15) is 33.9 Å². The van der Waals surface area contributed by atoms with Gasteiger partial charge in [0.25, 0.3) is 0 Å². The molecule has 6 amide bonds. The summed E-state index contributed by atoms with van der Waals surface area (Å²) in [5, 5.41) is 24.2. The molecule has 2 fully saturated rings. The van der Waals surface area contributed by atoms with E-state index in [1.807, 2.05) is 54.6 Å². The molecule has 6 atom stereocenters. The molecule has 0 aliphatic carbocycles. The second kappa shape index (κ2) is 20.1. The van der Waals surface area contributed by atoms with Crippen LogP contribution in [0.3, 0.4) is 0 Å². The normalized spacial score (nSPS) is 25.5. The average molecular weight is 765 g/mol. The molecule has 16 nitrogen and oxygen atoms in total. The topological polar surface area (TPSA) is 247 Å². The zero-order valence-electron chi connectivity index (χ0n) is 31.8. The van der Waals surface area contributed by atoms with Gasteiger partial charge in [-0.05, 0) is 47.9 Å². The van der Waals surface area contributed by atoms with Crippen molar-refractivity contribution in [1.82, 2.24) is 31.5 Å². The Morgan fingerprint density at radius 2 is 1.42 bits per heavy atom. The first-order valence-corrected chi connectivity index (χ1v) is 18.8. The van der Waals surface area contributed by atoms with Crippen molar-refractivity contribution in [2.75, 3.05) is 39.4 Å². The number of carbonyl (C=O) groups excluding carboxylic acids is 6. The highest BCUT2D eigenvalue weighted by molar-refractivity contribution is 5.97. The summed E-state index contributed by atoms with van der Waals surface area (Å²) in [6.45, 7) is 4.72. The van der Waals surface area contributed by atoms with E-state index in [0.29, 0.717) is 24.9 Å². The molecule has 0 spiro atoms. The smallest absolute Gasteiger partial charge is 0.246 e.